The predicted octanol–water partition coefficient (Wildman–Crippen LogP) is 0.938. The van der Waals surface area contributed by atoms with Crippen molar-refractivity contribution in [2.75, 3.05) is 13.1 Å². The van der Waals surface area contributed by atoms with Gasteiger partial charge in [0.2, 0.25) is 0 Å². The molecule has 2 rings (SSSR count). The summed E-state index contributed by atoms with van der Waals surface area (Å²) in [6.45, 7) is 1.19. The maximum Gasteiger partial charge on any atom is 0.254 e. The predicted molar refractivity (Wildman–Crippen MR) is 59.7 cm³/mol. The summed E-state index contributed by atoms with van der Waals surface area (Å²) in [6.07, 6.45) is 0. The highest BCUT2D eigenvalue weighted by molar-refractivity contribution is 9.10. The third-order valence-corrected chi connectivity index (χ3v) is 3.06. The van der Waals surface area contributed by atoms with Gasteiger partial charge in [-0.2, -0.15) is 0 Å². The van der Waals surface area contributed by atoms with E-state index in [1.165, 1.54) is 6.07 Å². The minimum atomic E-state index is -0.0838. The molecule has 3 N–H and O–H groups in total. The molecule has 1 heterocycles. The molecule has 15 heavy (non-hydrogen) atoms. The molecule has 0 radical (unpaired) electrons. The van der Waals surface area contributed by atoms with Crippen molar-refractivity contribution >= 4 is 21.8 Å². The van der Waals surface area contributed by atoms with Gasteiger partial charge in [0.25, 0.3) is 5.91 Å². The second kappa shape index (κ2) is 3.83. The second-order valence-electron chi connectivity index (χ2n) is 3.64. The monoisotopic (exact) mass is 270 g/mol. The smallest absolute Gasteiger partial charge is 0.254 e. The SMILES string of the molecule is NC1CN(C(=O)c2ccc(Br)c(O)c2)C1. The minimum Gasteiger partial charge on any atom is -0.507 e. The van der Waals surface area contributed by atoms with E-state index in [-0.39, 0.29) is 17.7 Å². The summed E-state index contributed by atoms with van der Waals surface area (Å²) in [5.41, 5.74) is 6.08. The second-order valence-corrected chi connectivity index (χ2v) is 4.49. The molecule has 0 spiro atoms. The van der Waals surface area contributed by atoms with Crippen LogP contribution in [0.2, 0.25) is 0 Å². The van der Waals surface area contributed by atoms with Crippen molar-refractivity contribution in [3.8, 4) is 5.75 Å². The van der Waals surface area contributed by atoms with Crippen molar-refractivity contribution in [2.24, 2.45) is 5.73 Å². The van der Waals surface area contributed by atoms with Gasteiger partial charge in [0.15, 0.2) is 0 Å². The number of phenols is 1. The van der Waals surface area contributed by atoms with E-state index < -0.39 is 0 Å². The molecule has 1 amide bonds. The molecular formula is C10H11BrN2O2. The van der Waals surface area contributed by atoms with Gasteiger partial charge in [0.05, 0.1) is 4.47 Å². The highest BCUT2D eigenvalue weighted by Crippen LogP contribution is 2.25. The Morgan fingerprint density at radius 2 is 2.20 bits per heavy atom. The Kier molecular flexibility index (Phi) is 2.67. The third-order valence-electron chi connectivity index (χ3n) is 2.39. The molecule has 1 aliphatic rings. The van der Waals surface area contributed by atoms with Crippen molar-refractivity contribution in [2.45, 2.75) is 6.04 Å². The Bertz CT molecular complexity index is 402. The first-order valence-electron chi connectivity index (χ1n) is 4.61. The van der Waals surface area contributed by atoms with Gasteiger partial charge in [-0.05, 0) is 34.1 Å². The van der Waals surface area contributed by atoms with E-state index in [4.69, 9.17) is 5.73 Å². The maximum absolute atomic E-state index is 11.8. The fourth-order valence-corrected chi connectivity index (χ4v) is 1.75. The van der Waals surface area contributed by atoms with Gasteiger partial charge in [-0.25, -0.2) is 0 Å². The van der Waals surface area contributed by atoms with Crippen LogP contribution in [0, 0.1) is 0 Å². The van der Waals surface area contributed by atoms with Gasteiger partial charge in [0.1, 0.15) is 5.75 Å². The number of carbonyl (C=O) groups is 1. The zero-order valence-electron chi connectivity index (χ0n) is 7.98. The van der Waals surface area contributed by atoms with E-state index in [0.29, 0.717) is 23.1 Å². The molecule has 0 aliphatic carbocycles. The molecule has 1 aromatic carbocycles. The van der Waals surface area contributed by atoms with Gasteiger partial charge >= 0.3 is 0 Å². The average Bonchev–Trinajstić information content (AvgIpc) is 2.16. The van der Waals surface area contributed by atoms with E-state index in [9.17, 15) is 9.90 Å². The Labute approximate surface area is 95.8 Å². The molecule has 1 aliphatic heterocycles. The summed E-state index contributed by atoms with van der Waals surface area (Å²) in [4.78, 5) is 13.4. The fourth-order valence-electron chi connectivity index (χ4n) is 1.51. The van der Waals surface area contributed by atoms with Crippen molar-refractivity contribution in [3.05, 3.63) is 28.2 Å². The largest absolute Gasteiger partial charge is 0.507 e. The summed E-state index contributed by atoms with van der Waals surface area (Å²) >= 11 is 3.16. The number of phenolic OH excluding ortho intramolecular Hbond substituents is 1. The summed E-state index contributed by atoms with van der Waals surface area (Å²) in [7, 11) is 0. The molecule has 0 saturated carbocycles. The number of amides is 1. The number of halogens is 1. The van der Waals surface area contributed by atoms with Gasteiger partial charge in [0, 0.05) is 24.7 Å². The van der Waals surface area contributed by atoms with Crippen LogP contribution in [0.15, 0.2) is 22.7 Å². The number of carbonyl (C=O) groups excluding carboxylic acids is 1. The number of hydrogen-bond acceptors (Lipinski definition) is 3. The summed E-state index contributed by atoms with van der Waals surface area (Å²) in [6, 6.07) is 4.88. The summed E-state index contributed by atoms with van der Waals surface area (Å²) in [5, 5.41) is 9.43. The fraction of sp³-hybridized carbons (Fsp3) is 0.300. The number of nitrogens with two attached hydrogens (primary N) is 1. The molecule has 1 saturated heterocycles. The van der Waals surface area contributed by atoms with Crippen LogP contribution in [0.25, 0.3) is 0 Å². The van der Waals surface area contributed by atoms with Crippen molar-refractivity contribution in [3.63, 3.8) is 0 Å². The molecular weight excluding hydrogens is 260 g/mol. The molecule has 0 atom stereocenters. The van der Waals surface area contributed by atoms with Crippen LogP contribution in [0.3, 0.4) is 0 Å². The van der Waals surface area contributed by atoms with Crippen LogP contribution in [0.5, 0.6) is 5.75 Å². The Balaban J connectivity index is 2.16. The lowest BCUT2D eigenvalue weighted by Crippen LogP contribution is -2.57. The normalized spacial score (nSPS) is 16.3. The van der Waals surface area contributed by atoms with E-state index in [2.05, 4.69) is 15.9 Å². The van der Waals surface area contributed by atoms with Gasteiger partial charge in [-0.3, -0.25) is 4.79 Å². The number of likely N-dealkylation sites (tertiary alicyclic amines) is 1. The van der Waals surface area contributed by atoms with Gasteiger partial charge in [-0.15, -0.1) is 0 Å². The highest BCUT2D eigenvalue weighted by atomic mass is 79.9. The summed E-state index contributed by atoms with van der Waals surface area (Å²) in [5.74, 6) is -0.00910. The van der Waals surface area contributed by atoms with E-state index in [1.807, 2.05) is 0 Å². The molecule has 4 nitrogen and oxygen atoms in total. The van der Waals surface area contributed by atoms with Crippen LogP contribution in [0.1, 0.15) is 10.4 Å². The topological polar surface area (TPSA) is 66.6 Å². The van der Waals surface area contributed by atoms with E-state index in [1.54, 1.807) is 17.0 Å². The zero-order valence-corrected chi connectivity index (χ0v) is 9.57. The number of aromatic hydroxyl groups is 1. The van der Waals surface area contributed by atoms with Crippen LogP contribution >= 0.6 is 15.9 Å². The molecule has 80 valence electrons. The van der Waals surface area contributed by atoms with E-state index >= 15 is 0 Å². The lowest BCUT2D eigenvalue weighted by molar-refractivity contribution is 0.0607. The van der Waals surface area contributed by atoms with Crippen molar-refractivity contribution < 1.29 is 9.90 Å². The lowest BCUT2D eigenvalue weighted by atomic mass is 10.1. The quantitative estimate of drug-likeness (QED) is 0.798. The van der Waals surface area contributed by atoms with Crippen molar-refractivity contribution in [1.29, 1.82) is 0 Å². The molecule has 0 unspecified atom stereocenters. The number of benzene rings is 1. The Morgan fingerprint density at radius 1 is 1.53 bits per heavy atom. The molecule has 0 aromatic heterocycles. The Hall–Kier alpha value is -1.07. The molecule has 1 fully saturated rings. The number of rotatable bonds is 1. The first kappa shape index (κ1) is 10.4. The summed E-state index contributed by atoms with van der Waals surface area (Å²) < 4.78 is 0.583. The van der Waals surface area contributed by atoms with Gasteiger partial charge < -0.3 is 15.7 Å². The first-order valence-corrected chi connectivity index (χ1v) is 5.40. The van der Waals surface area contributed by atoms with Gasteiger partial charge in [-0.1, -0.05) is 0 Å². The van der Waals surface area contributed by atoms with E-state index in [0.717, 1.165) is 0 Å². The van der Waals surface area contributed by atoms with Crippen LogP contribution in [0.4, 0.5) is 0 Å². The maximum atomic E-state index is 11.8. The average molecular weight is 271 g/mol. The van der Waals surface area contributed by atoms with Crippen LogP contribution in [-0.2, 0) is 0 Å². The highest BCUT2D eigenvalue weighted by Gasteiger charge is 2.28. The number of nitrogens with zero attached hydrogens (tertiary/aromatic N) is 1. The molecule has 0 bridgehead atoms. The van der Waals surface area contributed by atoms with Crippen LogP contribution < -0.4 is 5.73 Å². The Morgan fingerprint density at radius 3 is 2.73 bits per heavy atom. The number of hydrogen-bond donors (Lipinski definition) is 2. The molecule has 5 heteroatoms. The first-order chi connectivity index (χ1) is 7.08. The minimum absolute atomic E-state index is 0.0747. The third kappa shape index (κ3) is 1.98. The van der Waals surface area contributed by atoms with Crippen molar-refractivity contribution in [1.82, 2.24) is 4.90 Å². The standard InChI is InChI=1S/C10H11BrN2O2/c11-8-2-1-6(3-9(8)14)10(15)13-4-7(12)5-13/h1-3,7,14H,4-5,12H2. The zero-order chi connectivity index (χ0) is 11.0. The molecule has 1 aromatic rings. The lowest BCUT2D eigenvalue weighted by Gasteiger charge is -2.36. The van der Waals surface area contributed by atoms with Crippen LogP contribution in [-0.4, -0.2) is 35.0 Å².